The van der Waals surface area contributed by atoms with E-state index in [0.29, 0.717) is 54.1 Å². The summed E-state index contributed by atoms with van der Waals surface area (Å²) in [5.74, 6) is -0.0730. The van der Waals surface area contributed by atoms with Crippen molar-refractivity contribution in [3.05, 3.63) is 94.7 Å². The van der Waals surface area contributed by atoms with E-state index >= 15 is 0 Å². The van der Waals surface area contributed by atoms with Crippen LogP contribution in [0.4, 0.5) is 10.1 Å². The average molecular weight is 458 g/mol. The summed E-state index contributed by atoms with van der Waals surface area (Å²) in [4.78, 5) is 30.5. The molecular weight excluding hydrogens is 435 g/mol. The predicted octanol–water partition coefficient (Wildman–Crippen LogP) is 3.50. The molecule has 3 aromatic carbocycles. The highest BCUT2D eigenvalue weighted by molar-refractivity contribution is 6.05. The fourth-order valence-corrected chi connectivity index (χ4v) is 4.32. The fourth-order valence-electron chi connectivity index (χ4n) is 4.32. The minimum Gasteiger partial charge on any atom is -0.494 e. The minimum absolute atomic E-state index is 0.195. The normalized spacial score (nSPS) is 13.8. The van der Waals surface area contributed by atoms with Gasteiger partial charge >= 0.3 is 0 Å². The summed E-state index contributed by atoms with van der Waals surface area (Å²) in [5.41, 5.74) is 0.851. The van der Waals surface area contributed by atoms with Crippen molar-refractivity contribution in [2.45, 2.75) is 0 Å². The fraction of sp³-hybridized carbons (Fsp3) is 0.192. The van der Waals surface area contributed by atoms with Gasteiger partial charge in [0, 0.05) is 31.6 Å². The topological polar surface area (TPSA) is 67.7 Å². The molecule has 0 spiro atoms. The van der Waals surface area contributed by atoms with Gasteiger partial charge in [-0.25, -0.2) is 4.39 Å². The van der Waals surface area contributed by atoms with E-state index in [2.05, 4.69) is 5.10 Å². The first-order valence-electron chi connectivity index (χ1n) is 11.0. The molecule has 0 unspecified atom stereocenters. The first-order chi connectivity index (χ1) is 16.6. The van der Waals surface area contributed by atoms with Crippen molar-refractivity contribution in [3.63, 3.8) is 0 Å². The Morgan fingerprint density at radius 2 is 1.47 bits per heavy atom. The Bertz CT molecular complexity index is 1430. The number of amides is 1. The number of benzene rings is 3. The Kier molecular flexibility index (Phi) is 5.71. The first kappa shape index (κ1) is 21.6. The lowest BCUT2D eigenvalue weighted by molar-refractivity contribution is 0.0741. The van der Waals surface area contributed by atoms with Gasteiger partial charge in [0.25, 0.3) is 11.5 Å². The maximum atomic E-state index is 14.2. The quantitative estimate of drug-likeness (QED) is 0.468. The zero-order valence-electron chi connectivity index (χ0n) is 18.6. The van der Waals surface area contributed by atoms with Crippen molar-refractivity contribution in [2.75, 3.05) is 38.2 Å². The lowest BCUT2D eigenvalue weighted by Gasteiger charge is -2.36. The largest absolute Gasteiger partial charge is 0.494 e. The van der Waals surface area contributed by atoms with Crippen LogP contribution >= 0.6 is 0 Å². The summed E-state index contributed by atoms with van der Waals surface area (Å²) in [7, 11) is 1.52. The number of anilines is 1. The van der Waals surface area contributed by atoms with Crippen molar-refractivity contribution < 1.29 is 13.9 Å². The second-order valence-corrected chi connectivity index (χ2v) is 8.01. The molecule has 1 saturated heterocycles. The van der Waals surface area contributed by atoms with Crippen LogP contribution in [0.1, 0.15) is 10.5 Å². The van der Waals surface area contributed by atoms with E-state index in [0.717, 1.165) is 0 Å². The van der Waals surface area contributed by atoms with Gasteiger partial charge in [-0.1, -0.05) is 42.5 Å². The molecule has 0 bridgehead atoms. The number of halogens is 1. The van der Waals surface area contributed by atoms with Crippen LogP contribution < -0.4 is 15.2 Å². The predicted molar refractivity (Wildman–Crippen MR) is 128 cm³/mol. The van der Waals surface area contributed by atoms with Crippen LogP contribution in [-0.4, -0.2) is 53.9 Å². The molecule has 8 heteroatoms. The summed E-state index contributed by atoms with van der Waals surface area (Å²) in [6, 6.07) is 20.7. The number of piperazine rings is 1. The molecule has 7 nitrogen and oxygen atoms in total. The molecule has 2 heterocycles. The van der Waals surface area contributed by atoms with Crippen molar-refractivity contribution in [2.24, 2.45) is 0 Å². The van der Waals surface area contributed by atoms with Crippen LogP contribution in [0.5, 0.6) is 5.75 Å². The number of methoxy groups -OCH3 is 1. The van der Waals surface area contributed by atoms with Gasteiger partial charge in [0.15, 0.2) is 5.69 Å². The van der Waals surface area contributed by atoms with Crippen LogP contribution in [0.25, 0.3) is 16.5 Å². The molecule has 0 atom stereocenters. The zero-order chi connectivity index (χ0) is 23.7. The molecule has 5 rings (SSSR count). The van der Waals surface area contributed by atoms with Crippen LogP contribution in [0.3, 0.4) is 0 Å². The molecule has 1 aliphatic rings. The number of nitrogens with zero attached hydrogens (tertiary/aromatic N) is 4. The molecule has 0 radical (unpaired) electrons. The Morgan fingerprint density at radius 3 is 2.18 bits per heavy atom. The molecule has 1 fully saturated rings. The van der Waals surface area contributed by atoms with Gasteiger partial charge in [0.2, 0.25) is 0 Å². The molecule has 1 aromatic heterocycles. The molecule has 1 amide bonds. The monoisotopic (exact) mass is 458 g/mol. The molecule has 4 aromatic rings. The molecule has 1 aliphatic heterocycles. The smallest absolute Gasteiger partial charge is 0.279 e. The second kappa shape index (κ2) is 8.97. The summed E-state index contributed by atoms with van der Waals surface area (Å²) in [6.07, 6.45) is 0. The summed E-state index contributed by atoms with van der Waals surface area (Å²) < 4.78 is 20.8. The number of fused-ring (bicyclic) bond motifs is 1. The average Bonchev–Trinajstić information content (AvgIpc) is 2.89. The second-order valence-electron chi connectivity index (χ2n) is 8.01. The summed E-state index contributed by atoms with van der Waals surface area (Å²) >= 11 is 0. The zero-order valence-corrected chi connectivity index (χ0v) is 18.6. The molecule has 0 aliphatic carbocycles. The highest BCUT2D eigenvalue weighted by atomic mass is 19.1. The third-order valence-electron chi connectivity index (χ3n) is 6.08. The van der Waals surface area contributed by atoms with E-state index in [9.17, 15) is 14.0 Å². The summed E-state index contributed by atoms with van der Waals surface area (Å²) in [6.45, 7) is 1.82. The van der Waals surface area contributed by atoms with E-state index in [-0.39, 0.29) is 23.0 Å². The number of ether oxygens (including phenoxy) is 1. The molecular formula is C26H23FN4O3. The number of carbonyl (C=O) groups is 1. The van der Waals surface area contributed by atoms with Gasteiger partial charge in [-0.3, -0.25) is 9.59 Å². The number of hydrogen-bond donors (Lipinski definition) is 0. The Balaban J connectivity index is 1.51. The van der Waals surface area contributed by atoms with Crippen molar-refractivity contribution >= 4 is 22.4 Å². The van der Waals surface area contributed by atoms with Crippen LogP contribution in [0.15, 0.2) is 77.6 Å². The number of hydrogen-bond acceptors (Lipinski definition) is 5. The van der Waals surface area contributed by atoms with Crippen molar-refractivity contribution in [1.29, 1.82) is 0 Å². The molecule has 34 heavy (non-hydrogen) atoms. The molecule has 172 valence electrons. The Hall–Kier alpha value is -4.20. The van der Waals surface area contributed by atoms with Crippen molar-refractivity contribution in [1.82, 2.24) is 14.7 Å². The number of aromatic nitrogens is 2. The third kappa shape index (κ3) is 3.77. The van der Waals surface area contributed by atoms with Crippen LogP contribution in [0, 0.1) is 5.82 Å². The Morgan fingerprint density at radius 1 is 0.853 bits per heavy atom. The van der Waals surface area contributed by atoms with Crippen LogP contribution in [-0.2, 0) is 0 Å². The van der Waals surface area contributed by atoms with E-state index in [4.69, 9.17) is 4.74 Å². The van der Waals surface area contributed by atoms with Gasteiger partial charge < -0.3 is 14.5 Å². The van der Waals surface area contributed by atoms with E-state index in [1.54, 1.807) is 71.6 Å². The Labute approximate surface area is 195 Å². The highest BCUT2D eigenvalue weighted by Gasteiger charge is 2.27. The highest BCUT2D eigenvalue weighted by Crippen LogP contribution is 2.24. The molecule has 0 N–H and O–H groups in total. The van der Waals surface area contributed by atoms with Gasteiger partial charge in [-0.15, -0.1) is 0 Å². The minimum atomic E-state index is -0.332. The van der Waals surface area contributed by atoms with E-state index in [1.165, 1.54) is 17.9 Å². The lowest BCUT2D eigenvalue weighted by Crippen LogP contribution is -2.49. The van der Waals surface area contributed by atoms with Crippen LogP contribution in [0.2, 0.25) is 0 Å². The standard InChI is InChI=1S/C26H23FN4O3/c1-34-23-13-7-6-12-22(23)31-25(32)19-9-3-2-8-18(19)24(28-31)26(33)30-16-14-29(15-17-30)21-11-5-4-10-20(21)27/h2-13H,14-17H2,1H3. The SMILES string of the molecule is COc1ccccc1-n1nc(C(=O)N2CCN(c3ccccc3F)CC2)c2ccccc2c1=O. The van der Waals surface area contributed by atoms with E-state index < -0.39 is 0 Å². The van der Waals surface area contributed by atoms with Gasteiger partial charge in [0.1, 0.15) is 17.3 Å². The molecule has 0 saturated carbocycles. The maximum Gasteiger partial charge on any atom is 0.279 e. The number of para-hydroxylation sites is 3. The number of rotatable bonds is 4. The van der Waals surface area contributed by atoms with E-state index in [1.807, 2.05) is 4.90 Å². The summed E-state index contributed by atoms with van der Waals surface area (Å²) in [5, 5.41) is 5.41. The van der Waals surface area contributed by atoms with Gasteiger partial charge in [-0.05, 0) is 30.3 Å². The lowest BCUT2D eigenvalue weighted by atomic mass is 10.1. The van der Waals surface area contributed by atoms with Gasteiger partial charge in [0.05, 0.1) is 18.2 Å². The first-order valence-corrected chi connectivity index (χ1v) is 11.0. The van der Waals surface area contributed by atoms with Gasteiger partial charge in [-0.2, -0.15) is 9.78 Å². The maximum absolute atomic E-state index is 14.2. The van der Waals surface area contributed by atoms with Crippen molar-refractivity contribution in [3.8, 4) is 11.4 Å². The third-order valence-corrected chi connectivity index (χ3v) is 6.08. The number of carbonyl (C=O) groups excluding carboxylic acids is 1.